The summed E-state index contributed by atoms with van der Waals surface area (Å²) in [7, 11) is 5.67. The van der Waals surface area contributed by atoms with Crippen LogP contribution in [0.25, 0.3) is 0 Å². The monoisotopic (exact) mass is 312 g/mol. The van der Waals surface area contributed by atoms with Crippen molar-refractivity contribution in [3.63, 3.8) is 0 Å². The number of carbonyl (C=O) groups excluding carboxylic acids is 1. The van der Waals surface area contributed by atoms with Crippen molar-refractivity contribution in [1.82, 2.24) is 5.32 Å². The maximum Gasteiger partial charge on any atom is 0.220 e. The molecular formula is C19H24N2O2. The molecule has 1 amide bonds. The Kier molecular flexibility index (Phi) is 6.03. The van der Waals surface area contributed by atoms with Gasteiger partial charge < -0.3 is 15.0 Å². The summed E-state index contributed by atoms with van der Waals surface area (Å²) in [5.41, 5.74) is 3.30. The highest BCUT2D eigenvalue weighted by molar-refractivity contribution is 5.76. The lowest BCUT2D eigenvalue weighted by Crippen LogP contribution is -2.23. The minimum absolute atomic E-state index is 0.0487. The van der Waals surface area contributed by atoms with Crippen molar-refractivity contribution >= 4 is 11.6 Å². The Bertz CT molecular complexity index is 636. The Hall–Kier alpha value is -2.49. The largest absolute Gasteiger partial charge is 0.496 e. The standard InChI is InChI=1S/C19H24N2O2/c1-21(2)17-11-8-15(9-12-17)14-20-19(22)13-10-16-6-4-5-7-18(16)23-3/h4-9,11-12H,10,13-14H2,1-3H3,(H,20,22). The molecule has 0 bridgehead atoms. The molecule has 0 saturated heterocycles. The minimum Gasteiger partial charge on any atom is -0.496 e. The van der Waals surface area contributed by atoms with Crippen molar-refractivity contribution in [2.45, 2.75) is 19.4 Å². The van der Waals surface area contributed by atoms with E-state index in [2.05, 4.69) is 22.3 Å². The molecule has 4 nitrogen and oxygen atoms in total. The maximum atomic E-state index is 12.0. The van der Waals surface area contributed by atoms with Crippen LogP contribution in [0.3, 0.4) is 0 Å². The van der Waals surface area contributed by atoms with E-state index in [1.165, 1.54) is 0 Å². The molecule has 1 N–H and O–H groups in total. The second kappa shape index (κ2) is 8.22. The van der Waals surface area contributed by atoms with Gasteiger partial charge in [0.25, 0.3) is 0 Å². The van der Waals surface area contributed by atoms with E-state index in [-0.39, 0.29) is 5.91 Å². The van der Waals surface area contributed by atoms with E-state index in [4.69, 9.17) is 4.74 Å². The lowest BCUT2D eigenvalue weighted by atomic mass is 10.1. The van der Waals surface area contributed by atoms with Crippen LogP contribution in [-0.2, 0) is 17.8 Å². The first-order valence-electron chi connectivity index (χ1n) is 7.75. The first kappa shape index (κ1) is 16.9. The summed E-state index contributed by atoms with van der Waals surface area (Å²) in [6.45, 7) is 0.554. The summed E-state index contributed by atoms with van der Waals surface area (Å²) in [5, 5.41) is 2.96. The molecule has 0 aromatic heterocycles. The summed E-state index contributed by atoms with van der Waals surface area (Å²) >= 11 is 0. The molecule has 0 heterocycles. The van der Waals surface area contributed by atoms with Crippen molar-refractivity contribution in [3.05, 3.63) is 59.7 Å². The molecule has 2 rings (SSSR count). The van der Waals surface area contributed by atoms with Gasteiger partial charge in [-0.1, -0.05) is 30.3 Å². The van der Waals surface area contributed by atoms with Gasteiger partial charge in [-0.25, -0.2) is 0 Å². The van der Waals surface area contributed by atoms with Crippen LogP contribution in [-0.4, -0.2) is 27.1 Å². The van der Waals surface area contributed by atoms with Gasteiger partial charge in [0.05, 0.1) is 7.11 Å². The third kappa shape index (κ3) is 5.02. The third-order valence-electron chi connectivity index (χ3n) is 3.76. The lowest BCUT2D eigenvalue weighted by molar-refractivity contribution is -0.121. The number of anilines is 1. The van der Waals surface area contributed by atoms with Gasteiger partial charge in [-0.3, -0.25) is 4.79 Å². The maximum absolute atomic E-state index is 12.0. The van der Waals surface area contributed by atoms with E-state index in [1.807, 2.05) is 50.5 Å². The fourth-order valence-electron chi connectivity index (χ4n) is 2.36. The second-order valence-corrected chi connectivity index (χ2v) is 5.65. The topological polar surface area (TPSA) is 41.6 Å². The molecule has 0 unspecified atom stereocenters. The molecule has 0 atom stereocenters. The van der Waals surface area contributed by atoms with Crippen LogP contribution in [0, 0.1) is 0 Å². The van der Waals surface area contributed by atoms with Crippen LogP contribution in [0.2, 0.25) is 0 Å². The number of nitrogens with one attached hydrogen (secondary N) is 1. The van der Waals surface area contributed by atoms with E-state index >= 15 is 0 Å². The quantitative estimate of drug-likeness (QED) is 0.854. The lowest BCUT2D eigenvalue weighted by Gasteiger charge is -2.13. The van der Waals surface area contributed by atoms with E-state index in [9.17, 15) is 4.79 Å². The second-order valence-electron chi connectivity index (χ2n) is 5.65. The molecule has 0 saturated carbocycles. The number of amides is 1. The van der Waals surface area contributed by atoms with Gasteiger partial charge >= 0.3 is 0 Å². The van der Waals surface area contributed by atoms with Gasteiger partial charge in [-0.05, 0) is 35.7 Å². The number of nitrogens with zero attached hydrogens (tertiary/aromatic N) is 1. The molecule has 0 aliphatic rings. The number of aryl methyl sites for hydroxylation is 1. The van der Waals surface area contributed by atoms with E-state index < -0.39 is 0 Å². The molecule has 23 heavy (non-hydrogen) atoms. The number of carbonyl (C=O) groups is 1. The van der Waals surface area contributed by atoms with Crippen LogP contribution in [0.5, 0.6) is 5.75 Å². The summed E-state index contributed by atoms with van der Waals surface area (Å²) in [6.07, 6.45) is 1.13. The smallest absolute Gasteiger partial charge is 0.220 e. The van der Waals surface area contributed by atoms with Gasteiger partial charge in [-0.15, -0.1) is 0 Å². The predicted molar refractivity (Wildman–Crippen MR) is 93.9 cm³/mol. The minimum atomic E-state index is 0.0487. The highest BCUT2D eigenvalue weighted by atomic mass is 16.5. The summed E-state index contributed by atoms with van der Waals surface area (Å²) < 4.78 is 5.30. The summed E-state index contributed by atoms with van der Waals surface area (Å²) in [6, 6.07) is 16.0. The van der Waals surface area contributed by atoms with Crippen molar-refractivity contribution in [2.24, 2.45) is 0 Å². The van der Waals surface area contributed by atoms with Crippen molar-refractivity contribution in [3.8, 4) is 5.75 Å². The zero-order chi connectivity index (χ0) is 16.7. The number of methoxy groups -OCH3 is 1. The number of hydrogen-bond donors (Lipinski definition) is 1. The number of rotatable bonds is 7. The molecule has 0 radical (unpaired) electrons. The zero-order valence-electron chi connectivity index (χ0n) is 14.0. The Balaban J connectivity index is 1.81. The van der Waals surface area contributed by atoms with Crippen molar-refractivity contribution < 1.29 is 9.53 Å². The number of ether oxygens (including phenoxy) is 1. The zero-order valence-corrected chi connectivity index (χ0v) is 14.0. The van der Waals surface area contributed by atoms with E-state index in [0.29, 0.717) is 19.4 Å². The van der Waals surface area contributed by atoms with E-state index in [0.717, 1.165) is 22.6 Å². The molecule has 4 heteroatoms. The molecule has 122 valence electrons. The van der Waals surface area contributed by atoms with Gasteiger partial charge in [0.1, 0.15) is 5.75 Å². The Labute approximate surface area is 138 Å². The molecule has 0 aliphatic carbocycles. The molecule has 0 spiro atoms. The van der Waals surface area contributed by atoms with Crippen molar-refractivity contribution in [2.75, 3.05) is 26.1 Å². The molecule has 0 fully saturated rings. The first-order valence-corrected chi connectivity index (χ1v) is 7.75. The Morgan fingerprint density at radius 1 is 1.09 bits per heavy atom. The van der Waals surface area contributed by atoms with Crippen LogP contribution in [0.4, 0.5) is 5.69 Å². The van der Waals surface area contributed by atoms with Crippen LogP contribution >= 0.6 is 0 Å². The number of hydrogen-bond acceptors (Lipinski definition) is 3. The Morgan fingerprint density at radius 3 is 2.43 bits per heavy atom. The van der Waals surface area contributed by atoms with Crippen LogP contribution in [0.1, 0.15) is 17.5 Å². The molecule has 2 aromatic rings. The summed E-state index contributed by atoms with van der Waals surface area (Å²) in [5.74, 6) is 0.882. The average Bonchev–Trinajstić information content (AvgIpc) is 2.58. The van der Waals surface area contributed by atoms with Gasteiger partial charge in [-0.2, -0.15) is 0 Å². The van der Waals surface area contributed by atoms with Gasteiger partial charge in [0.2, 0.25) is 5.91 Å². The third-order valence-corrected chi connectivity index (χ3v) is 3.76. The summed E-state index contributed by atoms with van der Waals surface area (Å²) in [4.78, 5) is 14.1. The number of benzene rings is 2. The highest BCUT2D eigenvalue weighted by Crippen LogP contribution is 2.18. The highest BCUT2D eigenvalue weighted by Gasteiger charge is 2.06. The fourth-order valence-corrected chi connectivity index (χ4v) is 2.36. The van der Waals surface area contributed by atoms with E-state index in [1.54, 1.807) is 7.11 Å². The molecular weight excluding hydrogens is 288 g/mol. The normalized spacial score (nSPS) is 10.2. The van der Waals surface area contributed by atoms with Gasteiger partial charge in [0, 0.05) is 32.7 Å². The SMILES string of the molecule is COc1ccccc1CCC(=O)NCc1ccc(N(C)C)cc1. The van der Waals surface area contributed by atoms with Gasteiger partial charge in [0.15, 0.2) is 0 Å². The first-order chi connectivity index (χ1) is 11.1. The Morgan fingerprint density at radius 2 is 1.78 bits per heavy atom. The van der Waals surface area contributed by atoms with Crippen molar-refractivity contribution in [1.29, 1.82) is 0 Å². The number of para-hydroxylation sites is 1. The average molecular weight is 312 g/mol. The predicted octanol–water partition coefficient (Wildman–Crippen LogP) is 3.01. The van der Waals surface area contributed by atoms with Crippen LogP contribution < -0.4 is 15.0 Å². The van der Waals surface area contributed by atoms with Crippen LogP contribution in [0.15, 0.2) is 48.5 Å². The molecule has 0 aliphatic heterocycles. The molecule has 2 aromatic carbocycles. The fraction of sp³-hybridized carbons (Fsp3) is 0.316.